The Balaban J connectivity index is 1.64. The minimum absolute atomic E-state index is 0.520. The molecule has 6 nitrogen and oxygen atoms in total. The van der Waals surface area contributed by atoms with Crippen molar-refractivity contribution in [3.05, 3.63) is 52.7 Å². The number of benzene rings is 1. The lowest BCUT2D eigenvalue weighted by molar-refractivity contribution is -0.139. The maximum atomic E-state index is 12.8. The molecule has 3 aromatic rings. The van der Waals surface area contributed by atoms with Crippen LogP contribution in [0.5, 0.6) is 0 Å². The molecule has 0 amide bonds. The number of hydrogen-bond acceptors (Lipinski definition) is 6. The number of rotatable bonds is 8. The minimum Gasteiger partial charge on any atom is -0.480 e. The zero-order chi connectivity index (χ0) is 22.8. The Morgan fingerprint density at radius 2 is 1.94 bits per heavy atom. The van der Waals surface area contributed by atoms with Crippen LogP contribution in [0.15, 0.2) is 40.1 Å². The topological polar surface area (TPSA) is 80.0 Å². The zero-order valence-corrected chi connectivity index (χ0v) is 18.7. The van der Waals surface area contributed by atoms with Crippen LogP contribution in [0.3, 0.4) is 0 Å². The second-order valence-electron chi connectivity index (χ2n) is 7.33. The van der Waals surface area contributed by atoms with Gasteiger partial charge in [-0.1, -0.05) is 11.8 Å². The number of hydrogen-bond donors (Lipinski definition) is 2. The molecule has 0 aliphatic heterocycles. The lowest BCUT2D eigenvalue weighted by atomic mass is 10.2. The van der Waals surface area contributed by atoms with E-state index in [0.717, 1.165) is 23.5 Å². The van der Waals surface area contributed by atoms with Crippen LogP contribution in [-0.4, -0.2) is 37.1 Å². The van der Waals surface area contributed by atoms with Crippen LogP contribution >= 0.6 is 23.1 Å². The largest absolute Gasteiger partial charge is 0.480 e. The number of thioether (sulfide) groups is 1. The molecule has 0 spiro atoms. The summed E-state index contributed by atoms with van der Waals surface area (Å²) in [6.07, 6.45) is -3.79. The van der Waals surface area contributed by atoms with Gasteiger partial charge in [-0.15, -0.1) is 11.3 Å². The number of halogens is 3. The van der Waals surface area contributed by atoms with E-state index in [1.165, 1.54) is 35.2 Å². The van der Waals surface area contributed by atoms with Crippen LogP contribution in [0.1, 0.15) is 30.8 Å². The van der Waals surface area contributed by atoms with Gasteiger partial charge in [0.15, 0.2) is 4.34 Å². The average Bonchev–Trinajstić information content (AvgIpc) is 3.27. The highest BCUT2D eigenvalue weighted by Crippen LogP contribution is 2.35. The van der Waals surface area contributed by atoms with E-state index in [1.54, 1.807) is 25.5 Å². The molecule has 0 saturated heterocycles. The highest BCUT2D eigenvalue weighted by molar-refractivity contribution is 8.02. The fourth-order valence-electron chi connectivity index (χ4n) is 2.64. The first kappa shape index (κ1) is 23.1. The molecule has 3 rings (SSSR count). The quantitative estimate of drug-likeness (QED) is 0.437. The smallest absolute Gasteiger partial charge is 0.416 e. The molecular formula is C20H21F3N4O2S2. The number of thiazole rings is 1. The van der Waals surface area contributed by atoms with Gasteiger partial charge in [0, 0.05) is 24.4 Å². The Bertz CT molecular complexity index is 1060. The summed E-state index contributed by atoms with van der Waals surface area (Å²) in [5, 5.41) is 18.7. The van der Waals surface area contributed by atoms with Crippen molar-refractivity contribution in [2.24, 2.45) is 0 Å². The van der Waals surface area contributed by atoms with Gasteiger partial charge in [-0.05, 0) is 45.0 Å². The summed E-state index contributed by atoms with van der Waals surface area (Å²) in [5.41, 5.74) is 1.37. The number of alkyl halides is 3. The van der Waals surface area contributed by atoms with Gasteiger partial charge in [-0.2, -0.15) is 18.3 Å². The summed E-state index contributed by atoms with van der Waals surface area (Å²) in [4.78, 5) is 15.7. The summed E-state index contributed by atoms with van der Waals surface area (Å²) >= 11 is 2.60. The first-order chi connectivity index (χ1) is 14.5. The lowest BCUT2D eigenvalue weighted by Gasteiger charge is -2.15. The Labute approximate surface area is 185 Å². The van der Waals surface area contributed by atoms with E-state index in [1.807, 2.05) is 11.4 Å². The molecule has 31 heavy (non-hydrogen) atoms. The molecule has 1 aromatic carbocycles. The molecule has 11 heteroatoms. The van der Waals surface area contributed by atoms with Gasteiger partial charge in [0.1, 0.15) is 10.6 Å². The monoisotopic (exact) mass is 470 g/mol. The lowest BCUT2D eigenvalue weighted by Crippen LogP contribution is -2.26. The van der Waals surface area contributed by atoms with Crippen molar-refractivity contribution in [1.82, 2.24) is 14.8 Å². The molecule has 0 bridgehead atoms. The van der Waals surface area contributed by atoms with Crippen molar-refractivity contribution >= 4 is 34.9 Å². The maximum absolute atomic E-state index is 12.8. The van der Waals surface area contributed by atoms with Gasteiger partial charge in [0.2, 0.25) is 0 Å². The van der Waals surface area contributed by atoms with E-state index >= 15 is 0 Å². The highest BCUT2D eigenvalue weighted by Gasteiger charge is 2.30. The van der Waals surface area contributed by atoms with Crippen LogP contribution in [0.2, 0.25) is 0 Å². The standard InChI is InChI=1S/C20H21F3N4O2S2/c1-12-10-16(27(26-12)15-6-4-13(5-7-15)20(21,22)23)24-9-8-14-11-30-18(25-14)31-19(2,3)17(28)29/h4-7,10-11,24H,8-9H2,1-3H3,(H,28,29). The van der Waals surface area contributed by atoms with Gasteiger partial charge in [-0.25, -0.2) is 9.67 Å². The third-order valence-corrected chi connectivity index (χ3v) is 6.52. The van der Waals surface area contributed by atoms with Gasteiger partial charge in [0.25, 0.3) is 0 Å². The third kappa shape index (κ3) is 5.79. The number of nitrogens with one attached hydrogen (secondary N) is 1. The molecule has 2 N–H and O–H groups in total. The van der Waals surface area contributed by atoms with E-state index in [0.29, 0.717) is 28.8 Å². The van der Waals surface area contributed by atoms with Crippen LogP contribution in [0, 0.1) is 6.92 Å². The SMILES string of the molecule is Cc1cc(NCCc2csc(SC(C)(C)C(=O)O)n2)n(-c2ccc(C(F)(F)F)cc2)n1. The number of carbonyl (C=O) groups is 1. The average molecular weight is 471 g/mol. The normalized spacial score (nSPS) is 12.2. The summed E-state index contributed by atoms with van der Waals surface area (Å²) in [6, 6.07) is 6.64. The van der Waals surface area contributed by atoms with Crippen LogP contribution in [0.4, 0.5) is 19.0 Å². The number of carboxylic acids is 1. The molecule has 2 aromatic heterocycles. The van der Waals surface area contributed by atoms with E-state index in [4.69, 9.17) is 0 Å². The Morgan fingerprint density at radius 3 is 2.55 bits per heavy atom. The highest BCUT2D eigenvalue weighted by atomic mass is 32.2. The summed E-state index contributed by atoms with van der Waals surface area (Å²) in [7, 11) is 0. The minimum atomic E-state index is -4.38. The van der Waals surface area contributed by atoms with Crippen LogP contribution in [-0.2, 0) is 17.4 Å². The first-order valence-corrected chi connectivity index (χ1v) is 11.0. The van der Waals surface area contributed by atoms with E-state index in [2.05, 4.69) is 15.4 Å². The van der Waals surface area contributed by atoms with Crippen molar-refractivity contribution in [3.8, 4) is 5.69 Å². The second kappa shape index (κ2) is 8.91. The Kier molecular flexibility index (Phi) is 6.65. The molecule has 0 unspecified atom stereocenters. The first-order valence-electron chi connectivity index (χ1n) is 9.31. The number of nitrogens with zero attached hydrogens (tertiary/aromatic N) is 3. The van der Waals surface area contributed by atoms with Crippen molar-refractivity contribution in [2.45, 2.75) is 42.5 Å². The fourth-order valence-corrected chi connectivity index (χ4v) is 4.87. The number of aromatic nitrogens is 3. The Hall–Kier alpha value is -2.53. The number of aliphatic carboxylic acids is 1. The predicted molar refractivity (Wildman–Crippen MR) is 115 cm³/mol. The van der Waals surface area contributed by atoms with E-state index in [-0.39, 0.29) is 0 Å². The van der Waals surface area contributed by atoms with Gasteiger partial charge in [0.05, 0.1) is 22.6 Å². The van der Waals surface area contributed by atoms with Crippen molar-refractivity contribution in [1.29, 1.82) is 0 Å². The molecule has 0 atom stereocenters. The predicted octanol–water partition coefficient (Wildman–Crippen LogP) is 5.27. The molecule has 0 fully saturated rings. The van der Waals surface area contributed by atoms with Crippen molar-refractivity contribution < 1.29 is 23.1 Å². The van der Waals surface area contributed by atoms with E-state index < -0.39 is 22.5 Å². The molecule has 0 saturated carbocycles. The maximum Gasteiger partial charge on any atom is 0.416 e. The van der Waals surface area contributed by atoms with E-state index in [9.17, 15) is 23.1 Å². The number of anilines is 1. The van der Waals surface area contributed by atoms with Crippen LogP contribution < -0.4 is 5.32 Å². The Morgan fingerprint density at radius 1 is 1.26 bits per heavy atom. The van der Waals surface area contributed by atoms with Gasteiger partial charge in [-0.3, -0.25) is 4.79 Å². The molecule has 0 aliphatic carbocycles. The molecule has 0 aliphatic rings. The molecular weight excluding hydrogens is 449 g/mol. The van der Waals surface area contributed by atoms with Gasteiger partial charge < -0.3 is 10.4 Å². The fraction of sp³-hybridized carbons (Fsp3) is 0.350. The van der Waals surface area contributed by atoms with Gasteiger partial charge >= 0.3 is 12.1 Å². The summed E-state index contributed by atoms with van der Waals surface area (Å²) < 4.78 is 39.7. The molecule has 166 valence electrons. The van der Waals surface area contributed by atoms with Crippen LogP contribution in [0.25, 0.3) is 5.69 Å². The third-order valence-electron chi connectivity index (χ3n) is 4.35. The zero-order valence-electron chi connectivity index (χ0n) is 17.0. The number of carboxylic acid groups (broad SMARTS) is 1. The molecule has 2 heterocycles. The summed E-state index contributed by atoms with van der Waals surface area (Å²) in [5.74, 6) is -0.239. The molecule has 0 radical (unpaired) electrons. The second-order valence-corrected chi connectivity index (χ2v) is 10.1. The van der Waals surface area contributed by atoms with Crippen molar-refractivity contribution in [2.75, 3.05) is 11.9 Å². The summed E-state index contributed by atoms with van der Waals surface area (Å²) in [6.45, 7) is 5.60. The van der Waals surface area contributed by atoms with Crippen molar-refractivity contribution in [3.63, 3.8) is 0 Å². The number of aryl methyl sites for hydroxylation is 1.